The smallest absolute Gasteiger partial charge is 0.318 e. The molecule has 1 aromatic carbocycles. The third-order valence-corrected chi connectivity index (χ3v) is 3.02. The molecule has 1 atom stereocenters. The van der Waals surface area contributed by atoms with Crippen molar-refractivity contribution in [1.82, 2.24) is 5.32 Å². The lowest BCUT2D eigenvalue weighted by Crippen LogP contribution is -2.43. The number of carbonyl (C=O) groups is 2. The first-order chi connectivity index (χ1) is 9.47. The molecule has 1 rings (SSSR count). The second-order valence-electron chi connectivity index (χ2n) is 4.44. The Bertz CT molecular complexity index is 455. The fraction of sp³-hybridized carbons (Fsp3) is 0.429. The summed E-state index contributed by atoms with van der Waals surface area (Å²) in [6, 6.07) is 6.41. The average molecular weight is 278 g/mol. The molecule has 0 fully saturated rings. The minimum Gasteiger partial charge on any atom is -0.374 e. The number of nitrogens with one attached hydrogen (secondary N) is 2. The molecular weight excluding hydrogens is 256 g/mol. The van der Waals surface area contributed by atoms with Crippen LogP contribution in [-0.2, 0) is 4.79 Å². The minimum atomic E-state index is -0.847. The van der Waals surface area contributed by atoms with E-state index in [2.05, 4.69) is 24.1 Å². The first kappa shape index (κ1) is 15.8. The van der Waals surface area contributed by atoms with Crippen LogP contribution in [0.5, 0.6) is 0 Å². The van der Waals surface area contributed by atoms with Crippen LogP contribution in [0.1, 0.15) is 20.8 Å². The predicted molar refractivity (Wildman–Crippen MR) is 80.8 cm³/mol. The number of benzene rings is 1. The number of urea groups is 1. The second-order valence-corrected chi connectivity index (χ2v) is 4.44. The van der Waals surface area contributed by atoms with Crippen molar-refractivity contribution in [2.24, 2.45) is 5.73 Å². The van der Waals surface area contributed by atoms with E-state index >= 15 is 0 Å². The second kappa shape index (κ2) is 7.37. The molecule has 0 bridgehead atoms. The van der Waals surface area contributed by atoms with Crippen LogP contribution < -0.4 is 21.3 Å². The Morgan fingerprint density at radius 1 is 1.20 bits per heavy atom. The van der Waals surface area contributed by atoms with E-state index in [1.165, 1.54) is 0 Å². The summed E-state index contributed by atoms with van der Waals surface area (Å²) in [7, 11) is 0. The normalized spacial score (nSPS) is 11.6. The van der Waals surface area contributed by atoms with Gasteiger partial charge in [0.15, 0.2) is 0 Å². The first-order valence-corrected chi connectivity index (χ1v) is 6.69. The van der Waals surface area contributed by atoms with Crippen LogP contribution in [0.4, 0.5) is 16.2 Å². The van der Waals surface area contributed by atoms with Crippen molar-refractivity contribution in [3.05, 3.63) is 24.3 Å². The van der Waals surface area contributed by atoms with Crippen molar-refractivity contribution < 1.29 is 9.59 Å². The molecule has 0 heterocycles. The van der Waals surface area contributed by atoms with E-state index in [1.54, 1.807) is 6.92 Å². The topological polar surface area (TPSA) is 87.5 Å². The Morgan fingerprint density at radius 3 is 2.20 bits per heavy atom. The van der Waals surface area contributed by atoms with Crippen LogP contribution in [0.15, 0.2) is 24.3 Å². The Hall–Kier alpha value is -2.24. The quantitative estimate of drug-likeness (QED) is 0.736. The third-order valence-electron chi connectivity index (χ3n) is 3.02. The number of primary amides is 1. The van der Waals surface area contributed by atoms with Gasteiger partial charge in [-0.25, -0.2) is 4.79 Å². The van der Waals surface area contributed by atoms with E-state index in [4.69, 9.17) is 5.73 Å². The number of imide groups is 1. The zero-order chi connectivity index (χ0) is 15.1. The van der Waals surface area contributed by atoms with Crippen LogP contribution in [0, 0.1) is 0 Å². The Labute approximate surface area is 119 Å². The van der Waals surface area contributed by atoms with Gasteiger partial charge in [0.1, 0.15) is 6.04 Å². The molecular formula is C14H22N4O2. The van der Waals surface area contributed by atoms with E-state index in [-0.39, 0.29) is 0 Å². The number of anilines is 2. The van der Waals surface area contributed by atoms with Gasteiger partial charge in [-0.05, 0) is 45.0 Å². The lowest BCUT2D eigenvalue weighted by Gasteiger charge is -2.21. The molecule has 6 nitrogen and oxygen atoms in total. The molecule has 1 aromatic rings. The highest BCUT2D eigenvalue weighted by Crippen LogP contribution is 2.18. The summed E-state index contributed by atoms with van der Waals surface area (Å²) in [4.78, 5) is 24.4. The molecule has 0 aliphatic rings. The number of rotatable bonds is 6. The molecule has 0 aliphatic carbocycles. The third kappa shape index (κ3) is 4.46. The van der Waals surface area contributed by atoms with E-state index in [1.807, 2.05) is 29.6 Å². The van der Waals surface area contributed by atoms with E-state index < -0.39 is 18.0 Å². The molecule has 0 radical (unpaired) electrons. The fourth-order valence-corrected chi connectivity index (χ4v) is 1.90. The lowest BCUT2D eigenvalue weighted by molar-refractivity contribution is -0.120. The predicted octanol–water partition coefficient (Wildman–Crippen LogP) is 1.53. The van der Waals surface area contributed by atoms with Crippen molar-refractivity contribution in [3.63, 3.8) is 0 Å². The van der Waals surface area contributed by atoms with Crippen molar-refractivity contribution >= 4 is 23.3 Å². The SMILES string of the molecule is CCN(CC)c1ccc(NC(C)C(=O)NC(N)=O)cc1. The maximum absolute atomic E-state index is 11.5. The number of nitrogens with two attached hydrogens (primary N) is 1. The standard InChI is InChI=1S/C14H22N4O2/c1-4-18(5-2)12-8-6-11(7-9-12)16-10(3)13(19)17-14(15)20/h6-10,16H,4-5H2,1-3H3,(H3,15,17,19,20). The summed E-state index contributed by atoms with van der Waals surface area (Å²) in [5.74, 6) is -0.453. The van der Waals surface area contributed by atoms with Crippen molar-refractivity contribution in [2.75, 3.05) is 23.3 Å². The summed E-state index contributed by atoms with van der Waals surface area (Å²) >= 11 is 0. The lowest BCUT2D eigenvalue weighted by atomic mass is 10.2. The molecule has 110 valence electrons. The monoisotopic (exact) mass is 278 g/mol. The number of hydrogen-bond acceptors (Lipinski definition) is 4. The van der Waals surface area contributed by atoms with Crippen LogP contribution in [0.3, 0.4) is 0 Å². The first-order valence-electron chi connectivity index (χ1n) is 6.69. The molecule has 0 aliphatic heterocycles. The van der Waals surface area contributed by atoms with E-state index in [0.29, 0.717) is 0 Å². The number of amides is 3. The summed E-state index contributed by atoms with van der Waals surface area (Å²) in [5.41, 5.74) is 6.85. The minimum absolute atomic E-state index is 0.453. The van der Waals surface area contributed by atoms with Crippen molar-refractivity contribution in [3.8, 4) is 0 Å². The van der Waals surface area contributed by atoms with Crippen LogP contribution in [0.25, 0.3) is 0 Å². The largest absolute Gasteiger partial charge is 0.374 e. The van der Waals surface area contributed by atoms with Crippen LogP contribution in [-0.4, -0.2) is 31.1 Å². The van der Waals surface area contributed by atoms with Gasteiger partial charge in [-0.15, -0.1) is 0 Å². The molecule has 0 aromatic heterocycles. The highest BCUT2D eigenvalue weighted by Gasteiger charge is 2.14. The number of nitrogens with zero attached hydrogens (tertiary/aromatic N) is 1. The van der Waals surface area contributed by atoms with Crippen LogP contribution >= 0.6 is 0 Å². The summed E-state index contributed by atoms with van der Waals surface area (Å²) < 4.78 is 0. The van der Waals surface area contributed by atoms with Crippen molar-refractivity contribution in [1.29, 1.82) is 0 Å². The molecule has 0 saturated heterocycles. The molecule has 1 unspecified atom stereocenters. The molecule has 0 spiro atoms. The van der Waals surface area contributed by atoms with Gasteiger partial charge in [-0.1, -0.05) is 0 Å². The van der Waals surface area contributed by atoms with Crippen molar-refractivity contribution in [2.45, 2.75) is 26.8 Å². The maximum atomic E-state index is 11.5. The zero-order valence-corrected chi connectivity index (χ0v) is 12.1. The van der Waals surface area contributed by atoms with Gasteiger partial charge in [-0.3, -0.25) is 10.1 Å². The summed E-state index contributed by atoms with van der Waals surface area (Å²) in [5, 5.41) is 5.05. The Balaban J connectivity index is 2.65. The summed E-state index contributed by atoms with van der Waals surface area (Å²) in [6.07, 6.45) is 0. The van der Waals surface area contributed by atoms with Gasteiger partial charge in [0.05, 0.1) is 0 Å². The van der Waals surface area contributed by atoms with Gasteiger partial charge in [0, 0.05) is 24.5 Å². The van der Waals surface area contributed by atoms with Gasteiger partial charge in [0.25, 0.3) is 0 Å². The molecule has 0 saturated carbocycles. The molecule has 20 heavy (non-hydrogen) atoms. The van der Waals surface area contributed by atoms with Gasteiger partial charge < -0.3 is 16.0 Å². The molecule has 3 amide bonds. The molecule has 4 N–H and O–H groups in total. The van der Waals surface area contributed by atoms with Gasteiger partial charge >= 0.3 is 6.03 Å². The van der Waals surface area contributed by atoms with Gasteiger partial charge in [0.2, 0.25) is 5.91 Å². The zero-order valence-electron chi connectivity index (χ0n) is 12.1. The maximum Gasteiger partial charge on any atom is 0.318 e. The van der Waals surface area contributed by atoms with E-state index in [9.17, 15) is 9.59 Å². The number of hydrogen-bond donors (Lipinski definition) is 3. The van der Waals surface area contributed by atoms with E-state index in [0.717, 1.165) is 24.5 Å². The van der Waals surface area contributed by atoms with Crippen LogP contribution in [0.2, 0.25) is 0 Å². The Kier molecular flexibility index (Phi) is 5.83. The number of carbonyl (C=O) groups excluding carboxylic acids is 2. The highest BCUT2D eigenvalue weighted by atomic mass is 16.2. The summed E-state index contributed by atoms with van der Waals surface area (Å²) in [6.45, 7) is 7.76. The molecule has 6 heteroatoms. The van der Waals surface area contributed by atoms with Gasteiger partial charge in [-0.2, -0.15) is 0 Å². The Morgan fingerprint density at radius 2 is 1.75 bits per heavy atom. The highest BCUT2D eigenvalue weighted by molar-refractivity contribution is 5.97. The average Bonchev–Trinajstić information content (AvgIpc) is 2.41. The fourth-order valence-electron chi connectivity index (χ4n) is 1.90.